The molecule has 0 aromatic carbocycles. The van der Waals surface area contributed by atoms with Crippen molar-refractivity contribution in [3.8, 4) is 5.88 Å². The van der Waals surface area contributed by atoms with Gasteiger partial charge in [-0.25, -0.2) is 4.98 Å². The Morgan fingerprint density at radius 3 is 2.58 bits per heavy atom. The second-order valence-electron chi connectivity index (χ2n) is 4.81. The fourth-order valence-corrected chi connectivity index (χ4v) is 2.99. The summed E-state index contributed by atoms with van der Waals surface area (Å²) in [6.45, 7) is 1.29. The third-order valence-electron chi connectivity index (χ3n) is 3.01. The molecule has 24 heavy (non-hydrogen) atoms. The lowest BCUT2D eigenvalue weighted by atomic mass is 10.2. The van der Waals surface area contributed by atoms with Gasteiger partial charge in [-0.1, -0.05) is 11.6 Å². The van der Waals surface area contributed by atoms with Crippen molar-refractivity contribution in [3.63, 3.8) is 0 Å². The number of hydrogen-bond acceptors (Lipinski definition) is 4. The molecule has 0 aliphatic carbocycles. The lowest BCUT2D eigenvalue weighted by Gasteiger charge is -2.20. The summed E-state index contributed by atoms with van der Waals surface area (Å²) in [5, 5.41) is 0. The molecule has 0 aliphatic heterocycles. The number of pyridine rings is 1. The van der Waals surface area contributed by atoms with Crippen LogP contribution in [0.25, 0.3) is 0 Å². The zero-order valence-electron chi connectivity index (χ0n) is 12.6. The number of aromatic nitrogens is 1. The van der Waals surface area contributed by atoms with Crippen LogP contribution >= 0.6 is 22.9 Å². The SMILES string of the molecule is CCN(Cc1ccc(Cl)s1)C(=O)c1ccc(OCC(F)(F)F)nc1. The summed E-state index contributed by atoms with van der Waals surface area (Å²) >= 11 is 7.26. The molecule has 0 radical (unpaired) electrons. The number of alkyl halides is 3. The predicted molar refractivity (Wildman–Crippen MR) is 85.5 cm³/mol. The molecule has 0 saturated heterocycles. The third-order valence-corrected chi connectivity index (χ3v) is 4.23. The normalized spacial score (nSPS) is 11.4. The van der Waals surface area contributed by atoms with Gasteiger partial charge >= 0.3 is 6.18 Å². The third kappa shape index (κ3) is 5.38. The minimum atomic E-state index is -4.43. The number of halogens is 4. The van der Waals surface area contributed by atoms with E-state index in [1.54, 1.807) is 11.0 Å². The van der Waals surface area contributed by atoms with E-state index in [-0.39, 0.29) is 17.4 Å². The molecule has 2 aromatic heterocycles. The van der Waals surface area contributed by atoms with E-state index in [9.17, 15) is 18.0 Å². The molecule has 4 nitrogen and oxygen atoms in total. The molecule has 2 aromatic rings. The van der Waals surface area contributed by atoms with E-state index < -0.39 is 12.8 Å². The first-order chi connectivity index (χ1) is 11.3. The zero-order valence-corrected chi connectivity index (χ0v) is 14.2. The van der Waals surface area contributed by atoms with Gasteiger partial charge in [-0.2, -0.15) is 13.2 Å². The average Bonchev–Trinajstić information content (AvgIpc) is 2.95. The van der Waals surface area contributed by atoms with Crippen LogP contribution in [0.3, 0.4) is 0 Å². The van der Waals surface area contributed by atoms with Crippen LogP contribution in [-0.4, -0.2) is 35.1 Å². The van der Waals surface area contributed by atoms with Crippen molar-refractivity contribution >= 4 is 28.8 Å². The summed E-state index contributed by atoms with van der Waals surface area (Å²) in [5.41, 5.74) is 0.277. The predicted octanol–water partition coefficient (Wildman–Crippen LogP) is 4.40. The van der Waals surface area contributed by atoms with Gasteiger partial charge in [-0.15, -0.1) is 11.3 Å². The molecule has 0 N–H and O–H groups in total. The van der Waals surface area contributed by atoms with Gasteiger partial charge in [0.05, 0.1) is 16.4 Å². The van der Waals surface area contributed by atoms with Gasteiger partial charge in [-0.3, -0.25) is 4.79 Å². The van der Waals surface area contributed by atoms with Gasteiger partial charge < -0.3 is 9.64 Å². The maximum atomic E-state index is 12.5. The van der Waals surface area contributed by atoms with Crippen molar-refractivity contribution in [2.45, 2.75) is 19.6 Å². The summed E-state index contributed by atoms with van der Waals surface area (Å²) in [4.78, 5) is 18.7. The summed E-state index contributed by atoms with van der Waals surface area (Å²) in [6.07, 6.45) is -3.23. The highest BCUT2D eigenvalue weighted by Gasteiger charge is 2.28. The van der Waals surface area contributed by atoms with Crippen LogP contribution in [0.4, 0.5) is 13.2 Å². The van der Waals surface area contributed by atoms with Crippen LogP contribution in [-0.2, 0) is 6.54 Å². The number of rotatable bonds is 6. The van der Waals surface area contributed by atoms with Gasteiger partial charge in [-0.05, 0) is 25.1 Å². The van der Waals surface area contributed by atoms with Crippen molar-refractivity contribution in [2.75, 3.05) is 13.2 Å². The van der Waals surface area contributed by atoms with Crippen LogP contribution in [0, 0.1) is 0 Å². The van der Waals surface area contributed by atoms with E-state index in [4.69, 9.17) is 11.6 Å². The van der Waals surface area contributed by atoms with E-state index >= 15 is 0 Å². The largest absolute Gasteiger partial charge is 0.468 e. The lowest BCUT2D eigenvalue weighted by molar-refractivity contribution is -0.154. The van der Waals surface area contributed by atoms with Crippen molar-refractivity contribution in [2.24, 2.45) is 0 Å². The summed E-state index contributed by atoms with van der Waals surface area (Å²) in [5.74, 6) is -0.450. The first kappa shape index (κ1) is 18.5. The Kier molecular flexibility index (Phi) is 6.06. The van der Waals surface area contributed by atoms with Crippen LogP contribution in [0.2, 0.25) is 4.34 Å². The average molecular weight is 379 g/mol. The number of nitrogens with zero attached hydrogens (tertiary/aromatic N) is 2. The van der Waals surface area contributed by atoms with E-state index in [0.29, 0.717) is 17.4 Å². The number of hydrogen-bond donors (Lipinski definition) is 0. The van der Waals surface area contributed by atoms with Crippen LogP contribution in [0.5, 0.6) is 5.88 Å². The standard InChI is InChI=1S/C15H14ClF3N2O2S/c1-2-21(8-11-4-5-12(16)24-11)14(22)10-3-6-13(20-7-10)23-9-15(17,18)19/h3-7H,2,8-9H2,1H3. The molecule has 9 heteroatoms. The quantitative estimate of drug-likeness (QED) is 0.748. The Morgan fingerprint density at radius 1 is 1.33 bits per heavy atom. The molecule has 0 fully saturated rings. The highest BCUT2D eigenvalue weighted by molar-refractivity contribution is 7.16. The molecule has 130 valence electrons. The Bertz CT molecular complexity index is 689. The molecule has 0 saturated carbocycles. The Balaban J connectivity index is 2.02. The van der Waals surface area contributed by atoms with Crippen molar-refractivity contribution in [1.29, 1.82) is 0 Å². The number of thiophene rings is 1. The topological polar surface area (TPSA) is 42.4 Å². The molecule has 0 unspecified atom stereocenters. The smallest absolute Gasteiger partial charge is 0.422 e. The minimum absolute atomic E-state index is 0.183. The zero-order chi connectivity index (χ0) is 17.7. The molecule has 2 heterocycles. The van der Waals surface area contributed by atoms with E-state index in [0.717, 1.165) is 4.88 Å². The Morgan fingerprint density at radius 2 is 2.08 bits per heavy atom. The van der Waals surface area contributed by atoms with Gasteiger partial charge in [0.15, 0.2) is 6.61 Å². The van der Waals surface area contributed by atoms with Crippen LogP contribution in [0.15, 0.2) is 30.5 Å². The van der Waals surface area contributed by atoms with Gasteiger partial charge in [0.25, 0.3) is 5.91 Å². The van der Waals surface area contributed by atoms with Crippen molar-refractivity contribution in [3.05, 3.63) is 45.2 Å². The molecular weight excluding hydrogens is 365 g/mol. The lowest BCUT2D eigenvalue weighted by Crippen LogP contribution is -2.30. The molecule has 2 rings (SSSR count). The molecule has 0 aliphatic rings. The van der Waals surface area contributed by atoms with Crippen molar-refractivity contribution in [1.82, 2.24) is 9.88 Å². The van der Waals surface area contributed by atoms with Gasteiger partial charge in [0.1, 0.15) is 0 Å². The monoisotopic (exact) mass is 378 g/mol. The molecule has 0 bridgehead atoms. The van der Waals surface area contributed by atoms with E-state index in [1.807, 2.05) is 13.0 Å². The fraction of sp³-hybridized carbons (Fsp3) is 0.333. The maximum absolute atomic E-state index is 12.5. The molecule has 1 amide bonds. The Hall–Kier alpha value is -1.80. The fourth-order valence-electron chi connectivity index (χ4n) is 1.88. The molecule has 0 atom stereocenters. The van der Waals surface area contributed by atoms with E-state index in [2.05, 4.69) is 9.72 Å². The maximum Gasteiger partial charge on any atom is 0.422 e. The highest BCUT2D eigenvalue weighted by Crippen LogP contribution is 2.23. The highest BCUT2D eigenvalue weighted by atomic mass is 35.5. The van der Waals surface area contributed by atoms with Crippen LogP contribution < -0.4 is 4.74 Å². The molecule has 0 spiro atoms. The summed E-state index contributed by atoms with van der Waals surface area (Å²) in [6, 6.07) is 6.24. The number of carbonyl (C=O) groups is 1. The van der Waals surface area contributed by atoms with Gasteiger partial charge in [0, 0.05) is 23.7 Å². The summed E-state index contributed by atoms with van der Waals surface area (Å²) in [7, 11) is 0. The summed E-state index contributed by atoms with van der Waals surface area (Å²) < 4.78 is 41.4. The van der Waals surface area contributed by atoms with Crippen LogP contribution in [0.1, 0.15) is 22.2 Å². The second kappa shape index (κ2) is 7.85. The number of ether oxygens (including phenoxy) is 1. The number of amides is 1. The second-order valence-corrected chi connectivity index (χ2v) is 6.61. The first-order valence-electron chi connectivity index (χ1n) is 6.97. The van der Waals surface area contributed by atoms with Gasteiger partial charge in [0.2, 0.25) is 5.88 Å². The molecular formula is C15H14ClF3N2O2S. The number of carbonyl (C=O) groups excluding carboxylic acids is 1. The Labute approximate surface area is 145 Å². The van der Waals surface area contributed by atoms with Crippen molar-refractivity contribution < 1.29 is 22.7 Å². The minimum Gasteiger partial charge on any atom is -0.468 e. The van der Waals surface area contributed by atoms with E-state index in [1.165, 1.54) is 29.7 Å². The first-order valence-corrected chi connectivity index (χ1v) is 8.17.